The first-order valence-electron chi connectivity index (χ1n) is 9.01. The Morgan fingerprint density at radius 3 is 1.38 bits per heavy atom. The van der Waals surface area contributed by atoms with Crippen LogP contribution in [0.5, 0.6) is 0 Å². The van der Waals surface area contributed by atoms with Crippen LogP contribution in [-0.2, 0) is 19.1 Å². The highest BCUT2D eigenvalue weighted by Crippen LogP contribution is 2.10. The van der Waals surface area contributed by atoms with E-state index in [4.69, 9.17) is 9.47 Å². The van der Waals surface area contributed by atoms with Crippen molar-refractivity contribution < 1.29 is 19.1 Å². The number of unbranched alkanes of at least 4 members (excludes halogenated alkanes) is 5. The molecule has 0 aromatic heterocycles. The largest absolute Gasteiger partial charge is 0.466 e. The van der Waals surface area contributed by atoms with Gasteiger partial charge in [-0.05, 0) is 25.7 Å². The summed E-state index contributed by atoms with van der Waals surface area (Å²) in [5, 5.41) is 0. The van der Waals surface area contributed by atoms with Crippen LogP contribution in [0.2, 0.25) is 0 Å². The van der Waals surface area contributed by atoms with Crippen LogP contribution in [0.25, 0.3) is 0 Å². The number of carbonyl (C=O) groups excluding carboxylic acids is 2. The fourth-order valence-corrected chi connectivity index (χ4v) is 2.68. The van der Waals surface area contributed by atoms with E-state index in [2.05, 4.69) is 59.0 Å². The average molecular weight is 566 g/mol. The lowest BCUT2D eigenvalue weighted by Crippen LogP contribution is -2.07. The number of hydrogen-bond acceptors (Lipinski definition) is 4. The van der Waals surface area contributed by atoms with Crippen molar-refractivity contribution in [3.8, 4) is 0 Å². The van der Waals surface area contributed by atoms with Gasteiger partial charge >= 0.3 is 11.9 Å². The molecule has 0 fully saturated rings. The van der Waals surface area contributed by atoms with Gasteiger partial charge in [-0.15, -0.1) is 0 Å². The highest BCUT2D eigenvalue weighted by Gasteiger charge is 2.06. The third kappa shape index (κ3) is 18.7. The molecular formula is C18H32I2O4. The third-order valence-electron chi connectivity index (χ3n) is 3.56. The average Bonchev–Trinajstić information content (AvgIpc) is 2.52. The van der Waals surface area contributed by atoms with Gasteiger partial charge in [0.25, 0.3) is 0 Å². The summed E-state index contributed by atoms with van der Waals surface area (Å²) in [6, 6.07) is 0. The molecule has 0 aromatic carbocycles. The molecule has 0 rings (SSSR count). The second kappa shape index (κ2) is 16.8. The van der Waals surface area contributed by atoms with Crippen molar-refractivity contribution in [3.63, 3.8) is 0 Å². The van der Waals surface area contributed by atoms with Gasteiger partial charge < -0.3 is 9.47 Å². The Bertz CT molecular complexity index is 301. The summed E-state index contributed by atoms with van der Waals surface area (Å²) in [7, 11) is 0. The molecule has 0 aliphatic heterocycles. The zero-order valence-corrected chi connectivity index (χ0v) is 19.3. The fraction of sp³-hybridized carbons (Fsp3) is 0.889. The molecule has 0 saturated heterocycles. The van der Waals surface area contributed by atoms with E-state index in [-0.39, 0.29) is 11.9 Å². The lowest BCUT2D eigenvalue weighted by atomic mass is 10.1. The van der Waals surface area contributed by atoms with Crippen LogP contribution in [0.1, 0.15) is 78.1 Å². The van der Waals surface area contributed by atoms with Crippen LogP contribution in [0.3, 0.4) is 0 Å². The molecule has 0 bridgehead atoms. The van der Waals surface area contributed by atoms with E-state index >= 15 is 0 Å². The summed E-state index contributed by atoms with van der Waals surface area (Å²) in [6.45, 7) is 5.28. The van der Waals surface area contributed by atoms with Gasteiger partial charge in [0.2, 0.25) is 0 Å². The van der Waals surface area contributed by atoms with Gasteiger partial charge in [0, 0.05) is 20.7 Å². The molecule has 0 aliphatic rings. The summed E-state index contributed by atoms with van der Waals surface area (Å²) in [5.74, 6) is -0.144. The maximum Gasteiger partial charge on any atom is 0.305 e. The van der Waals surface area contributed by atoms with Gasteiger partial charge in [-0.25, -0.2) is 0 Å². The van der Waals surface area contributed by atoms with Crippen molar-refractivity contribution in [1.29, 1.82) is 0 Å². The lowest BCUT2D eigenvalue weighted by Gasteiger charge is -2.07. The van der Waals surface area contributed by atoms with Gasteiger partial charge in [0.15, 0.2) is 0 Å². The third-order valence-corrected chi connectivity index (χ3v) is 4.80. The van der Waals surface area contributed by atoms with E-state index in [9.17, 15) is 9.59 Å². The van der Waals surface area contributed by atoms with Crippen molar-refractivity contribution in [2.24, 2.45) is 0 Å². The van der Waals surface area contributed by atoms with Gasteiger partial charge in [-0.2, -0.15) is 0 Å². The molecule has 24 heavy (non-hydrogen) atoms. The van der Waals surface area contributed by atoms with Crippen molar-refractivity contribution >= 4 is 57.1 Å². The van der Waals surface area contributed by atoms with Gasteiger partial charge in [-0.1, -0.05) is 84.7 Å². The van der Waals surface area contributed by atoms with E-state index in [1.165, 1.54) is 0 Å². The molecule has 142 valence electrons. The minimum atomic E-state index is -0.0720. The smallest absolute Gasteiger partial charge is 0.305 e. The van der Waals surface area contributed by atoms with Gasteiger partial charge in [0.05, 0.1) is 13.2 Å². The van der Waals surface area contributed by atoms with Crippen LogP contribution >= 0.6 is 45.2 Å². The number of alkyl halides is 2. The first-order valence-corrected chi connectivity index (χ1v) is 11.5. The maximum atomic E-state index is 11.4. The number of ether oxygens (including phenoxy) is 2. The quantitative estimate of drug-likeness (QED) is 0.112. The summed E-state index contributed by atoms with van der Waals surface area (Å²) in [4.78, 5) is 22.9. The minimum Gasteiger partial charge on any atom is -0.466 e. The van der Waals surface area contributed by atoms with Gasteiger partial charge in [0.1, 0.15) is 0 Å². The Morgan fingerprint density at radius 2 is 1.04 bits per heavy atom. The Hall–Kier alpha value is 0.400. The van der Waals surface area contributed by atoms with E-state index in [0.29, 0.717) is 33.9 Å². The number of rotatable bonds is 15. The summed E-state index contributed by atoms with van der Waals surface area (Å²) in [5.41, 5.74) is 0. The van der Waals surface area contributed by atoms with E-state index in [1.807, 2.05) is 0 Å². The predicted molar refractivity (Wildman–Crippen MR) is 115 cm³/mol. The topological polar surface area (TPSA) is 52.6 Å². The second-order valence-corrected chi connectivity index (χ2v) is 10.5. The monoisotopic (exact) mass is 566 g/mol. The highest BCUT2D eigenvalue weighted by atomic mass is 127. The van der Waals surface area contributed by atoms with E-state index in [1.54, 1.807) is 0 Å². The lowest BCUT2D eigenvalue weighted by molar-refractivity contribution is -0.144. The summed E-state index contributed by atoms with van der Waals surface area (Å²) < 4.78 is 11.4. The Kier molecular flexibility index (Phi) is 17.1. The Balaban J connectivity index is 3.25. The van der Waals surface area contributed by atoms with Crippen molar-refractivity contribution in [2.45, 2.75) is 85.9 Å². The molecule has 2 atom stereocenters. The Morgan fingerprint density at radius 1 is 0.708 bits per heavy atom. The zero-order valence-electron chi connectivity index (χ0n) is 15.0. The van der Waals surface area contributed by atoms with Crippen molar-refractivity contribution in [1.82, 2.24) is 0 Å². The molecule has 0 N–H and O–H groups in total. The standard InChI is InChI=1S/C18H32I2O4/c1-15(19)9-11-17(21)23-13-7-5-3-4-6-8-14-24-18(22)12-10-16(2)20/h15-16H,3-14H2,1-2H3. The molecule has 2 unspecified atom stereocenters. The Labute approximate surface area is 174 Å². The molecular weight excluding hydrogens is 534 g/mol. The van der Waals surface area contributed by atoms with Crippen LogP contribution < -0.4 is 0 Å². The molecule has 0 amide bonds. The van der Waals surface area contributed by atoms with Gasteiger partial charge in [-0.3, -0.25) is 9.59 Å². The normalized spacial score (nSPS) is 13.3. The molecule has 0 saturated carbocycles. The molecule has 0 spiro atoms. The molecule has 0 aromatic rings. The molecule has 4 nitrogen and oxygen atoms in total. The molecule has 6 heteroatoms. The SMILES string of the molecule is CC(I)CCC(=O)OCCCCCCCCOC(=O)CCC(C)I. The second-order valence-electron chi connectivity index (χ2n) is 6.20. The predicted octanol–water partition coefficient (Wildman–Crippen LogP) is 5.62. The maximum absolute atomic E-state index is 11.4. The van der Waals surface area contributed by atoms with Crippen LogP contribution in [0.15, 0.2) is 0 Å². The van der Waals surface area contributed by atoms with Crippen molar-refractivity contribution in [2.75, 3.05) is 13.2 Å². The number of hydrogen-bond donors (Lipinski definition) is 0. The summed E-state index contributed by atoms with van der Waals surface area (Å²) >= 11 is 4.64. The zero-order chi connectivity index (χ0) is 18.2. The molecule has 0 aliphatic carbocycles. The first-order chi connectivity index (χ1) is 11.4. The molecule has 0 radical (unpaired) electrons. The molecule has 0 heterocycles. The highest BCUT2D eigenvalue weighted by molar-refractivity contribution is 14.1. The van der Waals surface area contributed by atoms with Crippen molar-refractivity contribution in [3.05, 3.63) is 0 Å². The minimum absolute atomic E-state index is 0.0720. The first kappa shape index (κ1) is 24.4. The number of halogens is 2. The van der Waals surface area contributed by atoms with Crippen LogP contribution in [-0.4, -0.2) is 33.0 Å². The van der Waals surface area contributed by atoms with E-state index < -0.39 is 0 Å². The fourth-order valence-electron chi connectivity index (χ4n) is 2.06. The number of esters is 2. The summed E-state index contributed by atoms with van der Waals surface area (Å²) in [6.07, 6.45) is 9.17. The van der Waals surface area contributed by atoms with E-state index in [0.717, 1.165) is 51.4 Å². The van der Waals surface area contributed by atoms with Crippen LogP contribution in [0.4, 0.5) is 0 Å². The number of carbonyl (C=O) groups is 2. The van der Waals surface area contributed by atoms with Crippen LogP contribution in [0, 0.1) is 0 Å².